The van der Waals surface area contributed by atoms with Gasteiger partial charge in [0.1, 0.15) is 5.75 Å². The standard InChI is InChI=1S/C12H15NO2.C9H11NO2/c14-11(15)12(6-8-13-9-7-12)10-4-2-1-3-5-10;1-7(9(10)11)12-8-5-3-2-4-6-8/h1-5,13H,6-9H2,(H,14,15);2-7H,1H3,(H2,10,11). The van der Waals surface area contributed by atoms with Crippen LogP contribution in [0, 0.1) is 0 Å². The zero-order valence-electron chi connectivity index (χ0n) is 15.4. The third-order valence-electron chi connectivity index (χ3n) is 4.65. The fourth-order valence-corrected chi connectivity index (χ4v) is 3.00. The van der Waals surface area contributed by atoms with Crippen LogP contribution >= 0.6 is 0 Å². The number of carbonyl (C=O) groups excluding carboxylic acids is 1. The highest BCUT2D eigenvalue weighted by molar-refractivity contribution is 5.81. The second-order valence-electron chi connectivity index (χ2n) is 6.48. The van der Waals surface area contributed by atoms with E-state index in [2.05, 4.69) is 5.32 Å². The Hall–Kier alpha value is -2.86. The molecule has 1 aliphatic rings. The molecular weight excluding hydrogens is 344 g/mol. The van der Waals surface area contributed by atoms with E-state index in [0.29, 0.717) is 18.6 Å². The number of rotatable bonds is 5. The molecule has 1 fully saturated rings. The summed E-state index contributed by atoms with van der Waals surface area (Å²) < 4.78 is 5.20. The molecular formula is C21H26N2O4. The number of aliphatic carboxylic acids is 1. The van der Waals surface area contributed by atoms with Gasteiger partial charge in [-0.05, 0) is 50.6 Å². The van der Waals surface area contributed by atoms with Crippen LogP contribution in [0.25, 0.3) is 0 Å². The van der Waals surface area contributed by atoms with Crippen molar-refractivity contribution < 1.29 is 19.4 Å². The predicted octanol–water partition coefficient (Wildman–Crippen LogP) is 2.33. The Bertz CT molecular complexity index is 728. The Labute approximate surface area is 159 Å². The van der Waals surface area contributed by atoms with Crippen LogP contribution in [-0.2, 0) is 15.0 Å². The van der Waals surface area contributed by atoms with E-state index in [1.807, 2.05) is 48.5 Å². The average Bonchev–Trinajstić information content (AvgIpc) is 2.70. The molecule has 3 rings (SSSR count). The van der Waals surface area contributed by atoms with Gasteiger partial charge in [-0.3, -0.25) is 9.59 Å². The lowest BCUT2D eigenvalue weighted by molar-refractivity contribution is -0.145. The number of nitrogens with two attached hydrogens (primary N) is 1. The predicted molar refractivity (Wildman–Crippen MR) is 104 cm³/mol. The van der Waals surface area contributed by atoms with Crippen LogP contribution in [-0.4, -0.2) is 36.2 Å². The summed E-state index contributed by atoms with van der Waals surface area (Å²) in [6.07, 6.45) is 0.769. The van der Waals surface area contributed by atoms with Crippen LogP contribution in [0.1, 0.15) is 25.3 Å². The number of carbonyl (C=O) groups is 2. The summed E-state index contributed by atoms with van der Waals surface area (Å²) in [5.41, 5.74) is 5.28. The van der Waals surface area contributed by atoms with Gasteiger partial charge in [-0.15, -0.1) is 0 Å². The molecule has 6 nitrogen and oxygen atoms in total. The minimum absolute atomic E-state index is 0.459. The number of carboxylic acids is 1. The quantitative estimate of drug-likeness (QED) is 0.750. The van der Waals surface area contributed by atoms with Crippen molar-refractivity contribution in [1.82, 2.24) is 5.32 Å². The summed E-state index contributed by atoms with van der Waals surface area (Å²) in [4.78, 5) is 22.0. The molecule has 1 heterocycles. The Morgan fingerprint density at radius 1 is 1.04 bits per heavy atom. The third kappa shape index (κ3) is 5.56. The normalized spacial score (nSPS) is 16.3. The number of benzene rings is 2. The average molecular weight is 370 g/mol. The number of ether oxygens (including phenoxy) is 1. The van der Waals surface area contributed by atoms with Crippen molar-refractivity contribution in [3.8, 4) is 5.75 Å². The summed E-state index contributed by atoms with van der Waals surface area (Å²) in [7, 11) is 0. The molecule has 27 heavy (non-hydrogen) atoms. The molecule has 0 saturated carbocycles. The maximum absolute atomic E-state index is 11.4. The van der Waals surface area contributed by atoms with Crippen molar-refractivity contribution in [3.05, 3.63) is 66.2 Å². The second-order valence-corrected chi connectivity index (χ2v) is 6.48. The van der Waals surface area contributed by atoms with Crippen LogP contribution in [0.4, 0.5) is 0 Å². The third-order valence-corrected chi connectivity index (χ3v) is 4.65. The number of carboxylic acid groups (broad SMARTS) is 1. The van der Waals surface area contributed by atoms with Crippen LogP contribution in [0.2, 0.25) is 0 Å². The Morgan fingerprint density at radius 2 is 1.56 bits per heavy atom. The minimum atomic E-state index is -0.699. The largest absolute Gasteiger partial charge is 0.481 e. The number of hydrogen-bond acceptors (Lipinski definition) is 4. The molecule has 1 amide bonds. The van der Waals surface area contributed by atoms with Crippen LogP contribution in [0.5, 0.6) is 5.75 Å². The number of piperidine rings is 1. The first-order valence-electron chi connectivity index (χ1n) is 8.96. The van der Waals surface area contributed by atoms with Gasteiger partial charge in [-0.25, -0.2) is 0 Å². The van der Waals surface area contributed by atoms with E-state index in [1.54, 1.807) is 19.1 Å². The highest BCUT2D eigenvalue weighted by Crippen LogP contribution is 2.33. The van der Waals surface area contributed by atoms with E-state index >= 15 is 0 Å². The first-order valence-corrected chi connectivity index (χ1v) is 8.96. The highest BCUT2D eigenvalue weighted by Gasteiger charge is 2.40. The van der Waals surface area contributed by atoms with Crippen molar-refractivity contribution in [2.24, 2.45) is 5.73 Å². The van der Waals surface area contributed by atoms with Gasteiger partial charge < -0.3 is 20.9 Å². The first kappa shape index (κ1) is 20.5. The smallest absolute Gasteiger partial charge is 0.314 e. The van der Waals surface area contributed by atoms with Crippen LogP contribution < -0.4 is 15.8 Å². The minimum Gasteiger partial charge on any atom is -0.481 e. The Kier molecular flexibility index (Phi) is 7.37. The molecule has 4 N–H and O–H groups in total. The maximum atomic E-state index is 11.4. The van der Waals surface area contributed by atoms with Gasteiger partial charge >= 0.3 is 5.97 Å². The zero-order chi connectivity index (χ0) is 19.7. The van der Waals surface area contributed by atoms with Crippen molar-refractivity contribution in [2.45, 2.75) is 31.3 Å². The Balaban J connectivity index is 0.000000199. The molecule has 144 valence electrons. The van der Waals surface area contributed by atoms with Gasteiger partial charge in [0.15, 0.2) is 6.10 Å². The lowest BCUT2D eigenvalue weighted by atomic mass is 9.73. The number of hydrogen-bond donors (Lipinski definition) is 3. The summed E-state index contributed by atoms with van der Waals surface area (Å²) in [5, 5.41) is 12.6. The van der Waals surface area contributed by atoms with Gasteiger partial charge in [0.25, 0.3) is 5.91 Å². The Morgan fingerprint density at radius 3 is 2.04 bits per heavy atom. The van der Waals surface area contributed by atoms with E-state index in [1.165, 1.54) is 0 Å². The molecule has 0 bridgehead atoms. The highest BCUT2D eigenvalue weighted by atomic mass is 16.5. The topological polar surface area (TPSA) is 102 Å². The first-order chi connectivity index (χ1) is 13.0. The van der Waals surface area contributed by atoms with Crippen LogP contribution in [0.15, 0.2) is 60.7 Å². The molecule has 0 aliphatic carbocycles. The summed E-state index contributed by atoms with van der Waals surface area (Å²) in [6, 6.07) is 18.7. The summed E-state index contributed by atoms with van der Waals surface area (Å²) in [6.45, 7) is 3.18. The monoisotopic (exact) mass is 370 g/mol. The molecule has 0 spiro atoms. The number of nitrogens with one attached hydrogen (secondary N) is 1. The fraction of sp³-hybridized carbons (Fsp3) is 0.333. The maximum Gasteiger partial charge on any atom is 0.314 e. The molecule has 0 aromatic heterocycles. The molecule has 2 aromatic carbocycles. The molecule has 1 unspecified atom stereocenters. The van der Waals surface area contributed by atoms with E-state index in [9.17, 15) is 14.7 Å². The molecule has 6 heteroatoms. The number of para-hydroxylation sites is 1. The lowest BCUT2D eigenvalue weighted by Gasteiger charge is -2.34. The molecule has 1 aliphatic heterocycles. The van der Waals surface area contributed by atoms with E-state index in [0.717, 1.165) is 18.7 Å². The van der Waals surface area contributed by atoms with Gasteiger partial charge in [-0.2, -0.15) is 0 Å². The van der Waals surface area contributed by atoms with E-state index in [4.69, 9.17) is 10.5 Å². The van der Waals surface area contributed by atoms with Crippen LogP contribution in [0.3, 0.4) is 0 Å². The van der Waals surface area contributed by atoms with Gasteiger partial charge in [0.2, 0.25) is 0 Å². The number of primary amides is 1. The summed E-state index contributed by atoms with van der Waals surface area (Å²) >= 11 is 0. The van der Waals surface area contributed by atoms with E-state index in [-0.39, 0.29) is 0 Å². The molecule has 1 saturated heterocycles. The fourth-order valence-electron chi connectivity index (χ4n) is 3.00. The van der Waals surface area contributed by atoms with Crippen molar-refractivity contribution >= 4 is 11.9 Å². The van der Waals surface area contributed by atoms with Gasteiger partial charge in [-0.1, -0.05) is 48.5 Å². The number of amides is 1. The SMILES string of the molecule is CC(Oc1ccccc1)C(N)=O.O=C(O)C1(c2ccccc2)CCNCC1. The molecule has 0 radical (unpaired) electrons. The molecule has 2 aromatic rings. The van der Waals surface area contributed by atoms with Gasteiger partial charge in [0.05, 0.1) is 5.41 Å². The van der Waals surface area contributed by atoms with Gasteiger partial charge in [0, 0.05) is 0 Å². The zero-order valence-corrected chi connectivity index (χ0v) is 15.4. The van der Waals surface area contributed by atoms with E-state index < -0.39 is 23.4 Å². The summed E-state index contributed by atoms with van der Waals surface area (Å²) in [5.74, 6) is -0.502. The second kappa shape index (κ2) is 9.73. The lowest BCUT2D eigenvalue weighted by Crippen LogP contribution is -2.45. The van der Waals surface area contributed by atoms with Crippen molar-refractivity contribution in [1.29, 1.82) is 0 Å². The van der Waals surface area contributed by atoms with Crippen molar-refractivity contribution in [2.75, 3.05) is 13.1 Å². The van der Waals surface area contributed by atoms with Crippen molar-refractivity contribution in [3.63, 3.8) is 0 Å². The molecule has 1 atom stereocenters.